The van der Waals surface area contributed by atoms with Crippen LogP contribution in [0.3, 0.4) is 0 Å². The Morgan fingerprint density at radius 2 is 1.69 bits per heavy atom. The maximum Gasteiger partial charge on any atom is 0.264 e. The fraction of sp³-hybridized carbons (Fsp3) is 0.182. The number of halogens is 1. The quantitative estimate of drug-likeness (QED) is 0.583. The number of benzene rings is 3. The maximum absolute atomic E-state index is 13.6. The maximum atomic E-state index is 13.6. The molecule has 0 unspecified atom stereocenters. The molecule has 0 saturated carbocycles. The van der Waals surface area contributed by atoms with E-state index in [0.29, 0.717) is 35.4 Å². The molecule has 3 aromatic rings. The second-order valence-electron chi connectivity index (χ2n) is 6.72. The molecule has 1 aliphatic heterocycles. The van der Waals surface area contributed by atoms with Gasteiger partial charge in [0.25, 0.3) is 10.0 Å². The minimum atomic E-state index is -3.88. The highest BCUT2D eigenvalue weighted by Gasteiger charge is 2.27. The molecule has 4 rings (SSSR count). The molecule has 0 N–H and O–H groups in total. The van der Waals surface area contributed by atoms with Crippen molar-refractivity contribution in [1.82, 2.24) is 0 Å². The van der Waals surface area contributed by atoms with Gasteiger partial charge in [-0.2, -0.15) is 0 Å². The van der Waals surface area contributed by atoms with Gasteiger partial charge in [0.15, 0.2) is 11.5 Å². The van der Waals surface area contributed by atoms with Crippen LogP contribution in [0, 0.1) is 6.92 Å². The van der Waals surface area contributed by atoms with Gasteiger partial charge in [0, 0.05) is 11.1 Å². The zero-order valence-electron chi connectivity index (χ0n) is 15.8. The first-order chi connectivity index (χ1) is 13.9. The van der Waals surface area contributed by atoms with Crippen molar-refractivity contribution in [1.29, 1.82) is 0 Å². The number of hydrogen-bond acceptors (Lipinski definition) is 4. The number of ether oxygens (including phenoxy) is 2. The molecule has 0 atom stereocenters. The van der Waals surface area contributed by atoms with Gasteiger partial charge in [-0.25, -0.2) is 8.42 Å². The minimum Gasteiger partial charge on any atom is -0.486 e. The summed E-state index contributed by atoms with van der Waals surface area (Å²) in [5.74, 6) is 0.975. The first kappa shape index (κ1) is 19.6. The summed E-state index contributed by atoms with van der Waals surface area (Å²) in [6.45, 7) is 2.98. The minimum absolute atomic E-state index is 0.135. The Morgan fingerprint density at radius 1 is 0.931 bits per heavy atom. The highest BCUT2D eigenvalue weighted by Crippen LogP contribution is 2.35. The van der Waals surface area contributed by atoms with Crippen LogP contribution in [0.5, 0.6) is 11.5 Å². The third-order valence-electron chi connectivity index (χ3n) is 4.77. The fourth-order valence-electron chi connectivity index (χ4n) is 3.20. The Labute approximate surface area is 175 Å². The highest BCUT2D eigenvalue weighted by molar-refractivity contribution is 7.92. The molecule has 0 amide bonds. The summed E-state index contributed by atoms with van der Waals surface area (Å²) in [6.07, 6.45) is 0. The molecule has 0 spiro atoms. The van der Waals surface area contributed by atoms with Crippen LogP contribution in [0.2, 0.25) is 5.02 Å². The van der Waals surface area contributed by atoms with Gasteiger partial charge < -0.3 is 9.47 Å². The normalized spacial score (nSPS) is 13.2. The van der Waals surface area contributed by atoms with Crippen molar-refractivity contribution < 1.29 is 17.9 Å². The van der Waals surface area contributed by atoms with Crippen molar-refractivity contribution in [2.24, 2.45) is 0 Å². The van der Waals surface area contributed by atoms with Crippen LogP contribution >= 0.6 is 11.6 Å². The molecule has 5 nitrogen and oxygen atoms in total. The number of sulfonamides is 1. The molecular formula is C22H20ClNO4S. The van der Waals surface area contributed by atoms with Gasteiger partial charge >= 0.3 is 0 Å². The van der Waals surface area contributed by atoms with Crippen molar-refractivity contribution >= 4 is 27.3 Å². The molecule has 29 heavy (non-hydrogen) atoms. The molecule has 7 heteroatoms. The largest absolute Gasteiger partial charge is 0.486 e. The second-order valence-corrected chi connectivity index (χ2v) is 9.02. The monoisotopic (exact) mass is 429 g/mol. The predicted molar refractivity (Wildman–Crippen MR) is 113 cm³/mol. The fourth-order valence-corrected chi connectivity index (χ4v) is 4.84. The third-order valence-corrected chi connectivity index (χ3v) is 6.78. The smallest absolute Gasteiger partial charge is 0.264 e. The molecule has 0 aromatic heterocycles. The van der Waals surface area contributed by atoms with E-state index in [9.17, 15) is 8.42 Å². The number of fused-ring (bicyclic) bond motifs is 1. The van der Waals surface area contributed by atoms with Crippen LogP contribution in [0.1, 0.15) is 11.1 Å². The average molecular weight is 430 g/mol. The standard InChI is InChI=1S/C22H20ClNO4S/c1-16-5-2-3-6-17(16)15-24(19-8-4-7-18(23)13-19)29(25,26)20-9-10-21-22(14-20)28-12-11-27-21/h2-10,13-14H,11-12,15H2,1H3. The zero-order chi connectivity index (χ0) is 20.4. The lowest BCUT2D eigenvalue weighted by Gasteiger charge is -2.26. The third kappa shape index (κ3) is 4.04. The molecule has 1 aliphatic rings. The second kappa shape index (κ2) is 7.97. The van der Waals surface area contributed by atoms with Crippen molar-refractivity contribution in [3.05, 3.63) is 82.9 Å². The van der Waals surface area contributed by atoms with Gasteiger partial charge in [-0.3, -0.25) is 4.31 Å². The Morgan fingerprint density at radius 3 is 2.45 bits per heavy atom. The summed E-state index contributed by atoms with van der Waals surface area (Å²) < 4.78 is 39.7. The zero-order valence-corrected chi connectivity index (χ0v) is 17.4. The van der Waals surface area contributed by atoms with Crippen LogP contribution in [-0.2, 0) is 16.6 Å². The van der Waals surface area contributed by atoms with Crippen LogP contribution in [-0.4, -0.2) is 21.6 Å². The first-order valence-corrected chi connectivity index (χ1v) is 11.0. The summed E-state index contributed by atoms with van der Waals surface area (Å²) in [7, 11) is -3.88. The van der Waals surface area contributed by atoms with Crippen molar-refractivity contribution in [2.75, 3.05) is 17.5 Å². The summed E-state index contributed by atoms with van der Waals surface area (Å²) >= 11 is 6.16. The molecule has 0 aliphatic carbocycles. The Bertz CT molecular complexity index is 1150. The van der Waals surface area contributed by atoms with E-state index in [4.69, 9.17) is 21.1 Å². The SMILES string of the molecule is Cc1ccccc1CN(c1cccc(Cl)c1)S(=O)(=O)c1ccc2c(c1)OCCO2. The molecule has 150 valence electrons. The lowest BCUT2D eigenvalue weighted by atomic mass is 10.1. The Kier molecular flexibility index (Phi) is 5.39. The highest BCUT2D eigenvalue weighted by atomic mass is 35.5. The van der Waals surface area contributed by atoms with Crippen molar-refractivity contribution in [3.63, 3.8) is 0 Å². The summed E-state index contributed by atoms with van der Waals surface area (Å²) in [4.78, 5) is 0.135. The van der Waals surface area contributed by atoms with Crippen molar-refractivity contribution in [2.45, 2.75) is 18.4 Å². The number of nitrogens with zero attached hydrogens (tertiary/aromatic N) is 1. The van der Waals surface area contributed by atoms with Crippen molar-refractivity contribution in [3.8, 4) is 11.5 Å². The van der Waals surface area contributed by atoms with Gasteiger partial charge in [0.1, 0.15) is 13.2 Å². The first-order valence-electron chi connectivity index (χ1n) is 9.17. The van der Waals surface area contributed by atoms with Gasteiger partial charge in [-0.15, -0.1) is 0 Å². The Balaban J connectivity index is 1.80. The van der Waals surface area contributed by atoms with Gasteiger partial charge in [0.05, 0.1) is 17.1 Å². The average Bonchev–Trinajstić information content (AvgIpc) is 2.72. The van der Waals surface area contributed by atoms with Crippen LogP contribution in [0.4, 0.5) is 5.69 Å². The van der Waals surface area contributed by atoms with E-state index in [-0.39, 0.29) is 11.4 Å². The molecule has 0 bridgehead atoms. The van der Waals surface area contributed by atoms with E-state index < -0.39 is 10.0 Å². The number of anilines is 1. The summed E-state index contributed by atoms with van der Waals surface area (Å²) in [5.41, 5.74) is 2.42. The molecule has 3 aromatic carbocycles. The molecular weight excluding hydrogens is 410 g/mol. The van der Waals surface area contributed by atoms with E-state index >= 15 is 0 Å². The van der Waals surface area contributed by atoms with Crippen LogP contribution in [0.15, 0.2) is 71.6 Å². The lowest BCUT2D eigenvalue weighted by molar-refractivity contribution is 0.171. The van der Waals surface area contributed by atoms with E-state index in [1.54, 1.807) is 30.3 Å². The van der Waals surface area contributed by atoms with E-state index in [1.165, 1.54) is 16.4 Å². The number of hydrogen-bond donors (Lipinski definition) is 0. The molecule has 0 saturated heterocycles. The van der Waals surface area contributed by atoms with Gasteiger partial charge in [-0.05, 0) is 48.4 Å². The van der Waals surface area contributed by atoms with E-state index in [1.807, 2.05) is 31.2 Å². The van der Waals surface area contributed by atoms with Gasteiger partial charge in [-0.1, -0.05) is 41.9 Å². The number of aryl methyl sites for hydroxylation is 1. The predicted octanol–water partition coefficient (Wildman–Crippen LogP) is 4.82. The topological polar surface area (TPSA) is 55.8 Å². The van der Waals surface area contributed by atoms with Crippen LogP contribution < -0.4 is 13.8 Å². The van der Waals surface area contributed by atoms with E-state index in [2.05, 4.69) is 0 Å². The summed E-state index contributed by atoms with van der Waals surface area (Å²) in [6, 6.07) is 19.2. The molecule has 0 fully saturated rings. The molecule has 1 heterocycles. The number of rotatable bonds is 5. The van der Waals surface area contributed by atoms with Gasteiger partial charge in [0.2, 0.25) is 0 Å². The molecule has 0 radical (unpaired) electrons. The van der Waals surface area contributed by atoms with Crippen LogP contribution in [0.25, 0.3) is 0 Å². The summed E-state index contributed by atoms with van der Waals surface area (Å²) in [5, 5.41) is 0.467. The Hall–Kier alpha value is -2.70. The lowest BCUT2D eigenvalue weighted by Crippen LogP contribution is -2.31. The van der Waals surface area contributed by atoms with E-state index in [0.717, 1.165) is 11.1 Å².